The van der Waals surface area contributed by atoms with E-state index in [1.54, 1.807) is 34.0 Å². The van der Waals surface area contributed by atoms with Gasteiger partial charge in [0.15, 0.2) is 5.78 Å². The maximum Gasteiger partial charge on any atom is 0.329 e. The van der Waals surface area contributed by atoms with Crippen LogP contribution in [0.5, 0.6) is 0 Å². The minimum absolute atomic E-state index is 0.0671. The second kappa shape index (κ2) is 24.8. The smallest absolute Gasteiger partial charge is 0.329 e. The van der Waals surface area contributed by atoms with Crippen LogP contribution in [0, 0.1) is 41.4 Å². The number of piperidine rings is 1. The SMILES string of the molecule is CO[C@@H]1C[C@@H](C[C@@H](C)[C@@H]2CC(=O)[C@H](C)/C=C(/C)[C@@H](O)[C@@H](OC)C(=O)[C@H](C)C[C@H](C)/C=C/CCCC(C)[C@@H](O)C[C@@H]3CC[C@@H](C)[C@@](O)(O3)C(=O)C(=O)N3CCCC[C@H]3C(=O)O2)CC[C@H]1O. The van der Waals surface area contributed by atoms with E-state index in [4.69, 9.17) is 18.9 Å². The number of rotatable bonds is 5. The molecule has 1 aliphatic carbocycles. The first-order valence-electron chi connectivity index (χ1n) is 24.2. The zero-order valence-electron chi connectivity index (χ0n) is 40.1. The van der Waals surface area contributed by atoms with Crippen molar-refractivity contribution in [2.45, 2.75) is 199 Å². The third kappa shape index (κ3) is 14.1. The average Bonchev–Trinajstić information content (AvgIpc) is 3.26. The summed E-state index contributed by atoms with van der Waals surface area (Å²) in [7, 11) is 2.95. The highest BCUT2D eigenvalue weighted by atomic mass is 16.6. The minimum atomic E-state index is -2.45. The van der Waals surface area contributed by atoms with Gasteiger partial charge in [-0.25, -0.2) is 4.79 Å². The van der Waals surface area contributed by atoms with Crippen molar-refractivity contribution >= 4 is 29.2 Å². The number of hydrogen-bond acceptors (Lipinski definition) is 13. The van der Waals surface area contributed by atoms with Crippen molar-refractivity contribution in [2.75, 3.05) is 20.8 Å². The highest BCUT2D eigenvalue weighted by molar-refractivity contribution is 6.39. The van der Waals surface area contributed by atoms with Crippen molar-refractivity contribution in [3.05, 3.63) is 23.8 Å². The van der Waals surface area contributed by atoms with E-state index in [0.29, 0.717) is 56.9 Å². The molecule has 2 bridgehead atoms. The molecular formula is C50H81NO13. The number of carbonyl (C=O) groups is 5. The summed E-state index contributed by atoms with van der Waals surface area (Å²) >= 11 is 0. The molecule has 364 valence electrons. The van der Waals surface area contributed by atoms with Gasteiger partial charge in [-0.3, -0.25) is 19.2 Å². The lowest BCUT2D eigenvalue weighted by Crippen LogP contribution is -2.61. The zero-order valence-corrected chi connectivity index (χ0v) is 40.1. The monoisotopic (exact) mass is 904 g/mol. The fourth-order valence-electron chi connectivity index (χ4n) is 10.4. The molecule has 1 saturated carbocycles. The molecule has 16 atom stereocenters. The molecule has 4 rings (SSSR count). The second-order valence-corrected chi connectivity index (χ2v) is 20.1. The van der Waals surface area contributed by atoms with Crippen molar-refractivity contribution in [2.24, 2.45) is 41.4 Å². The largest absolute Gasteiger partial charge is 0.460 e. The predicted octanol–water partition coefficient (Wildman–Crippen LogP) is 5.83. The van der Waals surface area contributed by atoms with Crippen LogP contribution >= 0.6 is 0 Å². The number of fused-ring (bicyclic) bond motifs is 3. The van der Waals surface area contributed by atoms with Crippen LogP contribution in [0.4, 0.5) is 0 Å². The molecule has 0 spiro atoms. The summed E-state index contributed by atoms with van der Waals surface area (Å²) in [6.07, 6.45) is 7.45. The van der Waals surface area contributed by atoms with Gasteiger partial charge in [-0.1, -0.05) is 59.8 Å². The van der Waals surface area contributed by atoms with Crippen LogP contribution in [0.25, 0.3) is 0 Å². The normalized spacial score (nSPS) is 41.0. The van der Waals surface area contributed by atoms with Gasteiger partial charge in [0.1, 0.15) is 30.1 Å². The van der Waals surface area contributed by atoms with E-state index in [0.717, 1.165) is 25.7 Å². The Labute approximate surface area is 381 Å². The Morgan fingerprint density at radius 3 is 2.27 bits per heavy atom. The average molecular weight is 904 g/mol. The van der Waals surface area contributed by atoms with Gasteiger partial charge in [-0.15, -0.1) is 0 Å². The van der Waals surface area contributed by atoms with E-state index in [1.165, 1.54) is 12.0 Å². The molecule has 4 N–H and O–H groups in total. The molecule has 64 heavy (non-hydrogen) atoms. The fraction of sp³-hybridized carbons (Fsp3) is 0.820. The highest BCUT2D eigenvalue weighted by Crippen LogP contribution is 2.38. The van der Waals surface area contributed by atoms with Crippen LogP contribution in [0.15, 0.2) is 23.8 Å². The summed E-state index contributed by atoms with van der Waals surface area (Å²) in [6, 6.07) is -1.15. The Bertz CT molecular complexity index is 1630. The molecule has 0 aromatic carbocycles. The number of cyclic esters (lactones) is 1. The van der Waals surface area contributed by atoms with Crippen molar-refractivity contribution in [3.8, 4) is 0 Å². The van der Waals surface area contributed by atoms with Gasteiger partial charge >= 0.3 is 5.97 Å². The number of Topliss-reactive ketones (excluding diaryl/α,β-unsaturated/α-hetero) is 3. The summed E-state index contributed by atoms with van der Waals surface area (Å²) in [5.41, 5.74) is 0.391. The van der Waals surface area contributed by atoms with E-state index in [2.05, 4.69) is 12.2 Å². The van der Waals surface area contributed by atoms with Crippen molar-refractivity contribution in [1.82, 2.24) is 4.90 Å². The molecular weight excluding hydrogens is 823 g/mol. The first kappa shape index (κ1) is 53.8. The topological polar surface area (TPSA) is 206 Å². The third-order valence-electron chi connectivity index (χ3n) is 14.8. The van der Waals surface area contributed by atoms with Gasteiger partial charge in [-0.2, -0.15) is 0 Å². The molecule has 2 saturated heterocycles. The second-order valence-electron chi connectivity index (χ2n) is 20.1. The molecule has 14 heteroatoms. The number of methoxy groups -OCH3 is 2. The molecule has 3 aliphatic heterocycles. The molecule has 0 aromatic rings. The van der Waals surface area contributed by atoms with Crippen LogP contribution in [-0.2, 0) is 42.9 Å². The van der Waals surface area contributed by atoms with Crippen LogP contribution in [0.2, 0.25) is 0 Å². The highest BCUT2D eigenvalue weighted by Gasteiger charge is 2.53. The zero-order chi connectivity index (χ0) is 47.5. The first-order chi connectivity index (χ1) is 30.2. The van der Waals surface area contributed by atoms with Crippen LogP contribution in [0.3, 0.4) is 0 Å². The third-order valence-corrected chi connectivity index (χ3v) is 14.8. The van der Waals surface area contributed by atoms with Gasteiger partial charge in [0.25, 0.3) is 11.7 Å². The number of aliphatic hydroxyl groups is 4. The van der Waals surface area contributed by atoms with E-state index >= 15 is 0 Å². The molecule has 1 amide bonds. The van der Waals surface area contributed by atoms with Crippen molar-refractivity contribution < 1.29 is 63.3 Å². The summed E-state index contributed by atoms with van der Waals surface area (Å²) in [4.78, 5) is 71.5. The first-order valence-corrected chi connectivity index (χ1v) is 24.2. The Morgan fingerprint density at radius 2 is 1.58 bits per heavy atom. The quantitative estimate of drug-likeness (QED) is 0.146. The van der Waals surface area contributed by atoms with Crippen LogP contribution in [0.1, 0.15) is 145 Å². The summed E-state index contributed by atoms with van der Waals surface area (Å²) < 4.78 is 23.4. The Balaban J connectivity index is 1.66. The summed E-state index contributed by atoms with van der Waals surface area (Å²) in [5.74, 6) is -8.06. The molecule has 1 unspecified atom stereocenters. The lowest BCUT2D eigenvalue weighted by Gasteiger charge is -2.42. The molecule has 3 fully saturated rings. The standard InChI is InChI=1S/C50H81NO13/c1-29-15-11-10-12-16-30(2)40(53)27-37-20-18-35(7)50(60,64-37)47(57)48(58)51-22-14-13-17-38(51)49(59)63-42(32(4)25-36-19-21-39(52)43(26-36)61-8)28-41(54)31(3)24-34(6)45(56)46(62-9)44(55)33(5)23-29/h11,15,24,29-33,35-40,42-43,45-46,52-53,56,60H,10,12-14,16-23,25-28H2,1-9H3/b15-11+,34-24-/t29-,30?,31-,32-,33-,35-,36-,37+,38+,39-,40+,42+,43-,45-,46+,50-/m1/s1. The van der Waals surface area contributed by atoms with Gasteiger partial charge in [-0.05, 0) is 126 Å². The van der Waals surface area contributed by atoms with E-state index in [-0.39, 0.29) is 67.1 Å². The van der Waals surface area contributed by atoms with E-state index in [9.17, 15) is 44.4 Å². The number of nitrogens with zero attached hydrogens (tertiary/aromatic N) is 1. The maximum absolute atomic E-state index is 14.3. The van der Waals surface area contributed by atoms with Crippen molar-refractivity contribution in [1.29, 1.82) is 0 Å². The number of amides is 1. The fourth-order valence-corrected chi connectivity index (χ4v) is 10.4. The number of esters is 1. The van der Waals surface area contributed by atoms with Gasteiger partial charge in [0.2, 0.25) is 5.79 Å². The lowest BCUT2D eigenvalue weighted by molar-refractivity contribution is -0.266. The Kier molecular flexibility index (Phi) is 20.8. The number of aliphatic hydroxyl groups excluding tert-OH is 3. The Morgan fingerprint density at radius 1 is 0.859 bits per heavy atom. The lowest BCUT2D eigenvalue weighted by atomic mass is 9.78. The molecule has 0 radical (unpaired) electrons. The minimum Gasteiger partial charge on any atom is -0.460 e. The van der Waals surface area contributed by atoms with Gasteiger partial charge in [0.05, 0.1) is 24.4 Å². The number of hydrogen-bond donors (Lipinski definition) is 4. The maximum atomic E-state index is 14.3. The van der Waals surface area contributed by atoms with Gasteiger partial charge in [0, 0.05) is 44.9 Å². The van der Waals surface area contributed by atoms with Gasteiger partial charge < -0.3 is 44.3 Å². The van der Waals surface area contributed by atoms with Crippen LogP contribution in [-0.4, -0.2) is 130 Å². The van der Waals surface area contributed by atoms with Crippen LogP contribution < -0.4 is 0 Å². The molecule has 14 nitrogen and oxygen atoms in total. The van der Waals surface area contributed by atoms with E-state index < -0.39 is 83.9 Å². The predicted molar refractivity (Wildman–Crippen MR) is 240 cm³/mol. The molecule has 3 heterocycles. The molecule has 4 aliphatic rings. The van der Waals surface area contributed by atoms with Crippen molar-refractivity contribution in [3.63, 3.8) is 0 Å². The number of ether oxygens (including phenoxy) is 4. The number of ketones is 3. The number of carbonyl (C=O) groups excluding carboxylic acids is 5. The van der Waals surface area contributed by atoms with E-state index in [1.807, 2.05) is 27.7 Å². The number of allylic oxidation sites excluding steroid dienone is 3. The Hall–Kier alpha value is -2.85. The molecule has 0 aromatic heterocycles. The summed E-state index contributed by atoms with van der Waals surface area (Å²) in [6.45, 7) is 12.8. The summed E-state index contributed by atoms with van der Waals surface area (Å²) in [5, 5.41) is 44.9.